The first-order valence-corrected chi connectivity index (χ1v) is 5.31. The van der Waals surface area contributed by atoms with E-state index in [1.54, 1.807) is 29.3 Å². The summed E-state index contributed by atoms with van der Waals surface area (Å²) in [5.74, 6) is 1.15. The molecular formula is C12H13N3O2. The molecule has 0 aliphatic carbocycles. The van der Waals surface area contributed by atoms with Crippen LogP contribution in [0.2, 0.25) is 0 Å². The fraction of sp³-hybridized carbons (Fsp3) is 0.250. The number of carbonyl (C=O) groups excluding carboxylic acids is 1. The number of ether oxygens (including phenoxy) is 1. The summed E-state index contributed by atoms with van der Waals surface area (Å²) in [7, 11) is 0. The molecular weight excluding hydrogens is 218 g/mol. The fourth-order valence-corrected chi connectivity index (χ4v) is 1.35. The molecule has 0 bridgehead atoms. The van der Waals surface area contributed by atoms with Crippen LogP contribution in [-0.4, -0.2) is 21.1 Å². The molecule has 2 heterocycles. The van der Waals surface area contributed by atoms with E-state index < -0.39 is 0 Å². The highest BCUT2D eigenvalue weighted by Crippen LogP contribution is 2.21. The van der Waals surface area contributed by atoms with Crippen LogP contribution in [0.3, 0.4) is 0 Å². The second-order valence-corrected chi connectivity index (χ2v) is 3.92. The summed E-state index contributed by atoms with van der Waals surface area (Å²) in [5.41, 5.74) is 0.485. The zero-order valence-corrected chi connectivity index (χ0v) is 9.70. The molecule has 0 saturated carbocycles. The monoisotopic (exact) mass is 231 g/mol. The SMILES string of the molecule is CC(C)n1cc(Oc2cncc(C=O)c2)cn1. The van der Waals surface area contributed by atoms with Crippen molar-refractivity contribution in [1.29, 1.82) is 0 Å². The van der Waals surface area contributed by atoms with Gasteiger partial charge >= 0.3 is 0 Å². The van der Waals surface area contributed by atoms with Gasteiger partial charge in [-0.1, -0.05) is 0 Å². The van der Waals surface area contributed by atoms with Gasteiger partial charge in [0.25, 0.3) is 0 Å². The largest absolute Gasteiger partial charge is 0.452 e. The molecule has 88 valence electrons. The molecule has 0 saturated heterocycles. The smallest absolute Gasteiger partial charge is 0.165 e. The molecule has 0 atom stereocenters. The number of hydrogen-bond acceptors (Lipinski definition) is 4. The van der Waals surface area contributed by atoms with Crippen LogP contribution in [-0.2, 0) is 0 Å². The van der Waals surface area contributed by atoms with Gasteiger partial charge in [-0.25, -0.2) is 0 Å². The van der Waals surface area contributed by atoms with Crippen LogP contribution < -0.4 is 4.74 Å². The van der Waals surface area contributed by atoms with E-state index in [0.29, 0.717) is 17.1 Å². The Morgan fingerprint density at radius 2 is 2.12 bits per heavy atom. The maximum atomic E-state index is 10.6. The lowest BCUT2D eigenvalue weighted by molar-refractivity contribution is 0.112. The molecule has 5 nitrogen and oxygen atoms in total. The Bertz CT molecular complexity index is 520. The van der Waals surface area contributed by atoms with Gasteiger partial charge in [-0.05, 0) is 19.9 Å². The van der Waals surface area contributed by atoms with Gasteiger partial charge in [0.1, 0.15) is 5.75 Å². The van der Waals surface area contributed by atoms with E-state index >= 15 is 0 Å². The Morgan fingerprint density at radius 3 is 2.76 bits per heavy atom. The van der Waals surface area contributed by atoms with Crippen molar-refractivity contribution in [2.45, 2.75) is 19.9 Å². The maximum absolute atomic E-state index is 10.6. The van der Waals surface area contributed by atoms with Crippen molar-refractivity contribution in [2.24, 2.45) is 0 Å². The highest BCUT2D eigenvalue weighted by atomic mass is 16.5. The normalized spacial score (nSPS) is 10.5. The molecule has 0 N–H and O–H groups in total. The number of pyridine rings is 1. The van der Waals surface area contributed by atoms with Gasteiger partial charge in [0.05, 0.1) is 18.6 Å². The van der Waals surface area contributed by atoms with Crippen LogP contribution in [0.4, 0.5) is 0 Å². The highest BCUT2D eigenvalue weighted by molar-refractivity contribution is 5.74. The molecule has 5 heteroatoms. The summed E-state index contributed by atoms with van der Waals surface area (Å²) in [4.78, 5) is 14.5. The average molecular weight is 231 g/mol. The molecule has 0 unspecified atom stereocenters. The molecule has 0 aliphatic rings. The number of aldehydes is 1. The molecule has 2 aromatic heterocycles. The van der Waals surface area contributed by atoms with Crippen molar-refractivity contribution in [2.75, 3.05) is 0 Å². The Balaban J connectivity index is 2.16. The van der Waals surface area contributed by atoms with Gasteiger partial charge in [0, 0.05) is 17.8 Å². The summed E-state index contributed by atoms with van der Waals surface area (Å²) in [6, 6.07) is 1.92. The standard InChI is InChI=1S/C12H13N3O2/c1-9(2)15-7-12(6-14-15)17-11-3-10(8-16)4-13-5-11/h3-9H,1-2H3. The van der Waals surface area contributed by atoms with Crippen LogP contribution in [0.1, 0.15) is 30.2 Å². The second kappa shape index (κ2) is 4.78. The molecule has 2 rings (SSSR count). The van der Waals surface area contributed by atoms with E-state index in [2.05, 4.69) is 10.1 Å². The van der Waals surface area contributed by atoms with Gasteiger partial charge in [-0.2, -0.15) is 5.10 Å². The third-order valence-corrected chi connectivity index (χ3v) is 2.21. The van der Waals surface area contributed by atoms with Gasteiger partial charge < -0.3 is 4.74 Å². The number of carbonyl (C=O) groups is 1. The lowest BCUT2D eigenvalue weighted by Crippen LogP contribution is -1.99. The van der Waals surface area contributed by atoms with Crippen LogP contribution in [0.15, 0.2) is 30.9 Å². The predicted octanol–water partition coefficient (Wildman–Crippen LogP) is 2.46. The van der Waals surface area contributed by atoms with Crippen molar-refractivity contribution in [3.63, 3.8) is 0 Å². The van der Waals surface area contributed by atoms with E-state index in [1.807, 2.05) is 13.8 Å². The van der Waals surface area contributed by atoms with Crippen molar-refractivity contribution in [3.8, 4) is 11.5 Å². The fourth-order valence-electron chi connectivity index (χ4n) is 1.35. The highest BCUT2D eigenvalue weighted by Gasteiger charge is 2.04. The number of nitrogens with zero attached hydrogens (tertiary/aromatic N) is 3. The molecule has 2 aromatic rings. The number of hydrogen-bond donors (Lipinski definition) is 0. The molecule has 0 radical (unpaired) electrons. The summed E-state index contributed by atoms with van der Waals surface area (Å²) in [5, 5.41) is 4.16. The van der Waals surface area contributed by atoms with Gasteiger partial charge in [-0.3, -0.25) is 14.5 Å². The summed E-state index contributed by atoms with van der Waals surface area (Å²) >= 11 is 0. The predicted molar refractivity (Wildman–Crippen MR) is 62.3 cm³/mol. The molecule has 0 fully saturated rings. The first-order chi connectivity index (χ1) is 8.19. The van der Waals surface area contributed by atoms with E-state index in [4.69, 9.17) is 4.74 Å². The van der Waals surface area contributed by atoms with E-state index in [-0.39, 0.29) is 6.04 Å². The van der Waals surface area contributed by atoms with Crippen LogP contribution >= 0.6 is 0 Å². The Labute approximate surface area is 99.1 Å². The zero-order chi connectivity index (χ0) is 12.3. The van der Waals surface area contributed by atoms with Gasteiger partial charge in [-0.15, -0.1) is 0 Å². The van der Waals surface area contributed by atoms with Crippen LogP contribution in [0, 0.1) is 0 Å². The Morgan fingerprint density at radius 1 is 1.29 bits per heavy atom. The summed E-state index contributed by atoms with van der Waals surface area (Å²) in [6.45, 7) is 4.07. The topological polar surface area (TPSA) is 57.0 Å². The van der Waals surface area contributed by atoms with Crippen LogP contribution in [0.5, 0.6) is 11.5 Å². The minimum atomic E-state index is 0.284. The van der Waals surface area contributed by atoms with E-state index in [9.17, 15) is 4.79 Å². The van der Waals surface area contributed by atoms with E-state index in [0.717, 1.165) is 6.29 Å². The van der Waals surface area contributed by atoms with Gasteiger partial charge in [0.2, 0.25) is 0 Å². The molecule has 17 heavy (non-hydrogen) atoms. The molecule has 0 amide bonds. The van der Waals surface area contributed by atoms with E-state index in [1.165, 1.54) is 6.20 Å². The lowest BCUT2D eigenvalue weighted by Gasteiger charge is -2.04. The quantitative estimate of drug-likeness (QED) is 0.758. The first-order valence-electron chi connectivity index (χ1n) is 5.31. The molecule has 0 aromatic carbocycles. The number of aromatic nitrogens is 3. The van der Waals surface area contributed by atoms with Crippen LogP contribution in [0.25, 0.3) is 0 Å². The maximum Gasteiger partial charge on any atom is 0.165 e. The Kier molecular flexibility index (Phi) is 3.18. The van der Waals surface area contributed by atoms with Crippen molar-refractivity contribution in [3.05, 3.63) is 36.4 Å². The minimum Gasteiger partial charge on any atom is -0.452 e. The summed E-state index contributed by atoms with van der Waals surface area (Å²) in [6.07, 6.45) is 7.21. The first kappa shape index (κ1) is 11.3. The van der Waals surface area contributed by atoms with Crippen molar-refractivity contribution < 1.29 is 9.53 Å². The number of rotatable bonds is 4. The molecule has 0 spiro atoms. The van der Waals surface area contributed by atoms with Crippen molar-refractivity contribution >= 4 is 6.29 Å². The average Bonchev–Trinajstić information content (AvgIpc) is 2.78. The third-order valence-electron chi connectivity index (χ3n) is 2.21. The van der Waals surface area contributed by atoms with Gasteiger partial charge in [0.15, 0.2) is 12.0 Å². The minimum absolute atomic E-state index is 0.284. The molecule has 0 aliphatic heterocycles. The third kappa shape index (κ3) is 2.69. The lowest BCUT2D eigenvalue weighted by atomic mass is 10.3. The Hall–Kier alpha value is -2.17. The van der Waals surface area contributed by atoms with Crippen molar-refractivity contribution in [1.82, 2.24) is 14.8 Å². The zero-order valence-electron chi connectivity index (χ0n) is 9.70. The second-order valence-electron chi connectivity index (χ2n) is 3.92. The summed E-state index contributed by atoms with van der Waals surface area (Å²) < 4.78 is 7.34.